The number of ether oxygens (including phenoxy) is 1. The Morgan fingerprint density at radius 3 is 1.77 bits per heavy atom. The van der Waals surface area contributed by atoms with Crippen LogP contribution in [0.4, 0.5) is 0 Å². The fourth-order valence-electron chi connectivity index (χ4n) is 3.40. The van der Waals surface area contributed by atoms with Crippen LogP contribution >= 0.6 is 0 Å². The number of esters is 1. The second-order valence-electron chi connectivity index (χ2n) is 8.49. The highest BCUT2D eigenvalue weighted by Crippen LogP contribution is 2.34. The van der Waals surface area contributed by atoms with Crippen LogP contribution in [0.3, 0.4) is 0 Å². The molecule has 0 bridgehead atoms. The van der Waals surface area contributed by atoms with Gasteiger partial charge in [-0.15, -0.1) is 0 Å². The minimum Gasteiger partial charge on any atom is -0.465 e. The van der Waals surface area contributed by atoms with Gasteiger partial charge in [0.2, 0.25) is 0 Å². The molecular weight excluding hydrogens is 272 g/mol. The predicted octanol–water partition coefficient (Wildman–Crippen LogP) is 6.23. The molecule has 22 heavy (non-hydrogen) atoms. The minimum atomic E-state index is -0.319. The second-order valence-corrected chi connectivity index (χ2v) is 8.49. The zero-order valence-corrected chi connectivity index (χ0v) is 16.2. The Morgan fingerprint density at radius 1 is 0.818 bits per heavy atom. The number of unbranched alkanes of at least 4 members (excludes halogenated alkanes) is 3. The average Bonchev–Trinajstić information content (AvgIpc) is 2.34. The van der Waals surface area contributed by atoms with Crippen molar-refractivity contribution in [2.45, 2.75) is 93.4 Å². The van der Waals surface area contributed by atoms with Crippen molar-refractivity contribution in [1.82, 2.24) is 0 Å². The summed E-state index contributed by atoms with van der Waals surface area (Å²) in [5.74, 6) is 1.85. The lowest BCUT2D eigenvalue weighted by Crippen LogP contribution is -2.33. The topological polar surface area (TPSA) is 26.3 Å². The lowest BCUT2D eigenvalue weighted by Gasteiger charge is -2.30. The van der Waals surface area contributed by atoms with E-state index in [0.29, 0.717) is 18.4 Å². The first-order valence-electron chi connectivity index (χ1n) is 9.34. The highest BCUT2D eigenvalue weighted by molar-refractivity contribution is 5.76. The molecule has 0 aliphatic rings. The van der Waals surface area contributed by atoms with E-state index in [2.05, 4.69) is 48.5 Å². The van der Waals surface area contributed by atoms with E-state index in [9.17, 15) is 4.79 Å². The third kappa shape index (κ3) is 10.2. The molecule has 0 amide bonds. The summed E-state index contributed by atoms with van der Waals surface area (Å²) >= 11 is 0. The third-order valence-electron chi connectivity index (χ3n) is 4.12. The van der Waals surface area contributed by atoms with E-state index in [1.165, 1.54) is 25.7 Å². The molecular formula is C20H40O2. The van der Waals surface area contributed by atoms with Crippen molar-refractivity contribution in [2.24, 2.45) is 23.2 Å². The SMILES string of the molecule is CC(C)CCCCCCOC(=O)C(C)(CC(C)C)CC(C)C. The van der Waals surface area contributed by atoms with Gasteiger partial charge in [-0.05, 0) is 43.9 Å². The molecule has 0 radical (unpaired) electrons. The molecule has 0 aromatic heterocycles. The molecule has 2 heteroatoms. The average molecular weight is 313 g/mol. The van der Waals surface area contributed by atoms with E-state index >= 15 is 0 Å². The molecule has 0 N–H and O–H groups in total. The summed E-state index contributed by atoms with van der Waals surface area (Å²) in [7, 11) is 0. The van der Waals surface area contributed by atoms with Crippen LogP contribution in [0, 0.1) is 23.2 Å². The van der Waals surface area contributed by atoms with E-state index in [4.69, 9.17) is 4.74 Å². The first-order valence-corrected chi connectivity index (χ1v) is 9.34. The Bertz CT molecular complexity index is 282. The molecule has 0 rings (SSSR count). The van der Waals surface area contributed by atoms with Crippen molar-refractivity contribution < 1.29 is 9.53 Å². The Kier molecular flexibility index (Phi) is 10.8. The summed E-state index contributed by atoms with van der Waals surface area (Å²) in [5.41, 5.74) is -0.319. The van der Waals surface area contributed by atoms with Crippen molar-refractivity contribution in [3.05, 3.63) is 0 Å². The van der Waals surface area contributed by atoms with Gasteiger partial charge in [-0.25, -0.2) is 0 Å². The monoisotopic (exact) mass is 312 g/mol. The number of hydrogen-bond acceptors (Lipinski definition) is 2. The number of carbonyl (C=O) groups excluding carboxylic acids is 1. The van der Waals surface area contributed by atoms with Gasteiger partial charge in [-0.3, -0.25) is 4.79 Å². The number of rotatable bonds is 12. The Labute approximate surface area is 139 Å². The molecule has 0 heterocycles. The highest BCUT2D eigenvalue weighted by Gasteiger charge is 2.35. The van der Waals surface area contributed by atoms with Crippen LogP contribution in [-0.2, 0) is 9.53 Å². The summed E-state index contributed by atoms with van der Waals surface area (Å²) in [6.07, 6.45) is 7.86. The maximum absolute atomic E-state index is 12.5. The molecule has 0 unspecified atom stereocenters. The van der Waals surface area contributed by atoms with Gasteiger partial charge in [-0.1, -0.05) is 67.2 Å². The van der Waals surface area contributed by atoms with Gasteiger partial charge in [0.05, 0.1) is 12.0 Å². The number of hydrogen-bond donors (Lipinski definition) is 0. The normalized spacial score (nSPS) is 12.5. The Balaban J connectivity index is 4.08. The van der Waals surface area contributed by atoms with E-state index in [-0.39, 0.29) is 11.4 Å². The fraction of sp³-hybridized carbons (Fsp3) is 0.950. The van der Waals surface area contributed by atoms with Crippen molar-refractivity contribution in [3.63, 3.8) is 0 Å². The van der Waals surface area contributed by atoms with Gasteiger partial charge in [0.15, 0.2) is 0 Å². The van der Waals surface area contributed by atoms with Gasteiger partial charge < -0.3 is 4.74 Å². The van der Waals surface area contributed by atoms with Crippen molar-refractivity contribution >= 4 is 5.97 Å². The maximum atomic E-state index is 12.5. The highest BCUT2D eigenvalue weighted by atomic mass is 16.5. The van der Waals surface area contributed by atoms with E-state index in [1.54, 1.807) is 0 Å². The van der Waals surface area contributed by atoms with Crippen LogP contribution in [0.25, 0.3) is 0 Å². The van der Waals surface area contributed by atoms with Crippen LogP contribution in [0.15, 0.2) is 0 Å². The van der Waals surface area contributed by atoms with E-state index < -0.39 is 0 Å². The third-order valence-corrected chi connectivity index (χ3v) is 4.12. The van der Waals surface area contributed by atoms with Crippen LogP contribution in [0.2, 0.25) is 0 Å². The van der Waals surface area contributed by atoms with Gasteiger partial charge in [0.25, 0.3) is 0 Å². The van der Waals surface area contributed by atoms with E-state index in [0.717, 1.165) is 25.2 Å². The zero-order chi connectivity index (χ0) is 17.2. The summed E-state index contributed by atoms with van der Waals surface area (Å²) in [6.45, 7) is 15.9. The summed E-state index contributed by atoms with van der Waals surface area (Å²) in [4.78, 5) is 12.5. The summed E-state index contributed by atoms with van der Waals surface area (Å²) in [6, 6.07) is 0. The molecule has 0 spiro atoms. The van der Waals surface area contributed by atoms with Crippen molar-refractivity contribution in [1.29, 1.82) is 0 Å². The lowest BCUT2D eigenvalue weighted by atomic mass is 9.76. The van der Waals surface area contributed by atoms with Crippen LogP contribution in [-0.4, -0.2) is 12.6 Å². The molecule has 0 saturated carbocycles. The molecule has 0 aliphatic carbocycles. The van der Waals surface area contributed by atoms with Crippen LogP contribution in [0.5, 0.6) is 0 Å². The van der Waals surface area contributed by atoms with Crippen molar-refractivity contribution in [3.8, 4) is 0 Å². The molecule has 0 atom stereocenters. The standard InChI is InChI=1S/C20H40O2/c1-16(2)12-10-8-9-11-13-22-19(21)20(7,14-17(3)4)15-18(5)6/h16-18H,8-15H2,1-7H3. The van der Waals surface area contributed by atoms with Gasteiger partial charge in [0, 0.05) is 0 Å². The second kappa shape index (κ2) is 11.1. The summed E-state index contributed by atoms with van der Waals surface area (Å²) < 4.78 is 5.60. The van der Waals surface area contributed by atoms with Crippen molar-refractivity contribution in [2.75, 3.05) is 6.61 Å². The Hall–Kier alpha value is -0.530. The largest absolute Gasteiger partial charge is 0.465 e. The molecule has 132 valence electrons. The van der Waals surface area contributed by atoms with Gasteiger partial charge in [-0.2, -0.15) is 0 Å². The first kappa shape index (κ1) is 21.5. The molecule has 0 saturated heterocycles. The predicted molar refractivity (Wildman–Crippen MR) is 95.9 cm³/mol. The quantitative estimate of drug-likeness (QED) is 0.315. The summed E-state index contributed by atoms with van der Waals surface area (Å²) in [5, 5.41) is 0. The lowest BCUT2D eigenvalue weighted by molar-refractivity contribution is -0.157. The van der Waals surface area contributed by atoms with Gasteiger partial charge in [0.1, 0.15) is 0 Å². The number of carbonyl (C=O) groups is 1. The molecule has 0 fully saturated rings. The fourth-order valence-corrected chi connectivity index (χ4v) is 3.40. The zero-order valence-electron chi connectivity index (χ0n) is 16.2. The smallest absolute Gasteiger partial charge is 0.311 e. The molecule has 0 aliphatic heterocycles. The van der Waals surface area contributed by atoms with Crippen LogP contribution in [0.1, 0.15) is 93.4 Å². The first-order chi connectivity index (χ1) is 10.2. The molecule has 2 nitrogen and oxygen atoms in total. The molecule has 0 aromatic rings. The van der Waals surface area contributed by atoms with Gasteiger partial charge >= 0.3 is 5.97 Å². The van der Waals surface area contributed by atoms with E-state index in [1.807, 2.05) is 0 Å². The molecule has 0 aromatic carbocycles. The minimum absolute atomic E-state index is 0.0112. The maximum Gasteiger partial charge on any atom is 0.311 e. The van der Waals surface area contributed by atoms with Crippen LogP contribution < -0.4 is 0 Å². The Morgan fingerprint density at radius 2 is 1.32 bits per heavy atom.